The summed E-state index contributed by atoms with van der Waals surface area (Å²) in [7, 11) is 0. The molecule has 3 nitrogen and oxygen atoms in total. The molecule has 0 spiro atoms. The smallest absolute Gasteiger partial charge is 0.218 e. The monoisotopic (exact) mass is 229 g/mol. The summed E-state index contributed by atoms with van der Waals surface area (Å²) in [5, 5.41) is 2.42. The van der Waals surface area contributed by atoms with Gasteiger partial charge in [-0.25, -0.2) is 0 Å². The normalized spacial score (nSPS) is 9.91. The number of Topliss-reactive ketones (excluding diaryl/α,β-unsaturated/α-hetero) is 1. The van der Waals surface area contributed by atoms with Crippen LogP contribution in [0.25, 0.3) is 0 Å². The molecule has 4 heteroatoms. The maximum atomic E-state index is 10.4. The van der Waals surface area contributed by atoms with E-state index in [4.69, 9.17) is 0 Å². The molecule has 1 radical (unpaired) electrons. The molecule has 0 heterocycles. The molecule has 0 bridgehead atoms. The van der Waals surface area contributed by atoms with E-state index < -0.39 is 0 Å². The van der Waals surface area contributed by atoms with Crippen molar-refractivity contribution in [2.75, 3.05) is 0 Å². The minimum atomic E-state index is -0.189. The van der Waals surface area contributed by atoms with Crippen LogP contribution in [-0.2, 0) is 42.3 Å². The Bertz CT molecular complexity index is 187. The van der Waals surface area contributed by atoms with Crippen molar-refractivity contribution in [2.45, 2.75) is 20.8 Å². The fourth-order valence-electron chi connectivity index (χ4n) is 0.559. The molecule has 1 N–H and O–H groups in total. The van der Waals surface area contributed by atoms with Gasteiger partial charge in [0.05, 0.1) is 0 Å². The maximum absolute atomic E-state index is 10.4. The fraction of sp³-hybridized carbons (Fsp3) is 0.429. The number of allylic oxidation sites excluding steroid dienone is 2. The first-order valence-electron chi connectivity index (χ1n) is 2.91. The van der Waals surface area contributed by atoms with Gasteiger partial charge in [0.2, 0.25) is 5.91 Å². The summed E-state index contributed by atoms with van der Waals surface area (Å²) in [6, 6.07) is 0. The zero-order valence-electron chi connectivity index (χ0n) is 6.89. The predicted molar refractivity (Wildman–Crippen MR) is 36.9 cm³/mol. The van der Waals surface area contributed by atoms with Gasteiger partial charge in [0, 0.05) is 39.6 Å². The molecule has 0 aliphatic rings. The van der Waals surface area contributed by atoms with Crippen LogP contribution in [0.1, 0.15) is 20.8 Å². The van der Waals surface area contributed by atoms with Crippen LogP contribution in [0.2, 0.25) is 0 Å². The molecule has 0 saturated heterocycles. The minimum absolute atomic E-state index is 0. The quantitative estimate of drug-likeness (QED) is 0.550. The standard InChI is InChI=1S/C7H10NO2.Y/c1-5(4-6(2)9)8-7(3)10;/h1-3H3,(H,8,10);/q-1;. The van der Waals surface area contributed by atoms with Gasteiger partial charge in [-0.15, -0.1) is 0 Å². The van der Waals surface area contributed by atoms with Crippen molar-refractivity contribution in [2.24, 2.45) is 0 Å². The summed E-state index contributed by atoms with van der Waals surface area (Å²) in [6.07, 6.45) is 2.42. The molecule has 0 unspecified atom stereocenters. The molecule has 0 atom stereocenters. The number of nitrogens with one attached hydrogen (secondary N) is 1. The zero-order valence-corrected chi connectivity index (χ0v) is 9.73. The van der Waals surface area contributed by atoms with E-state index in [1.807, 2.05) is 0 Å². The van der Waals surface area contributed by atoms with E-state index in [1.165, 1.54) is 13.8 Å². The molecule has 0 aliphatic carbocycles. The predicted octanol–water partition coefficient (Wildman–Crippen LogP) is 0.416. The average molecular weight is 229 g/mol. The van der Waals surface area contributed by atoms with Crippen LogP contribution in [0.15, 0.2) is 5.70 Å². The summed E-state index contributed by atoms with van der Waals surface area (Å²) in [4.78, 5) is 20.7. The molecule has 11 heavy (non-hydrogen) atoms. The molecular formula is C7H10NO2Y-. The topological polar surface area (TPSA) is 46.2 Å². The molecule has 0 rings (SSSR count). The van der Waals surface area contributed by atoms with Crippen LogP contribution in [-0.4, -0.2) is 11.7 Å². The first-order valence-corrected chi connectivity index (χ1v) is 2.91. The summed E-state index contributed by atoms with van der Waals surface area (Å²) in [5.74, 6) is -0.377. The van der Waals surface area contributed by atoms with Crippen molar-refractivity contribution in [3.63, 3.8) is 0 Å². The summed E-state index contributed by atoms with van der Waals surface area (Å²) in [6.45, 7) is 4.37. The van der Waals surface area contributed by atoms with Gasteiger partial charge in [-0.1, -0.05) is 6.92 Å². The van der Waals surface area contributed by atoms with Gasteiger partial charge in [0.1, 0.15) is 0 Å². The van der Waals surface area contributed by atoms with Crippen LogP contribution in [0.4, 0.5) is 0 Å². The third kappa shape index (κ3) is 9.98. The molecule has 0 fully saturated rings. The second-order valence-corrected chi connectivity index (χ2v) is 1.99. The number of rotatable bonds is 2. The van der Waals surface area contributed by atoms with E-state index in [9.17, 15) is 9.59 Å². The van der Waals surface area contributed by atoms with Crippen LogP contribution < -0.4 is 5.32 Å². The van der Waals surface area contributed by atoms with Crippen molar-refractivity contribution < 1.29 is 42.3 Å². The molecule has 59 valence electrons. The van der Waals surface area contributed by atoms with Gasteiger partial charge in [-0.3, -0.25) is 4.79 Å². The van der Waals surface area contributed by atoms with Crippen molar-refractivity contribution in [1.29, 1.82) is 0 Å². The van der Waals surface area contributed by atoms with Gasteiger partial charge in [0.25, 0.3) is 0 Å². The second-order valence-electron chi connectivity index (χ2n) is 1.99. The minimum Gasteiger partial charge on any atom is -0.407 e. The Morgan fingerprint density at radius 3 is 1.91 bits per heavy atom. The van der Waals surface area contributed by atoms with Crippen molar-refractivity contribution in [3.8, 4) is 0 Å². The Morgan fingerprint density at radius 1 is 1.18 bits per heavy atom. The van der Waals surface area contributed by atoms with E-state index >= 15 is 0 Å². The summed E-state index contributed by atoms with van der Waals surface area (Å²) >= 11 is 0. The number of amides is 1. The van der Waals surface area contributed by atoms with Crippen LogP contribution in [0.5, 0.6) is 0 Å². The van der Waals surface area contributed by atoms with E-state index in [2.05, 4.69) is 11.4 Å². The third-order valence-corrected chi connectivity index (χ3v) is 0.727. The summed E-state index contributed by atoms with van der Waals surface area (Å²) in [5.41, 5.74) is 0.458. The number of hydrogen-bond acceptors (Lipinski definition) is 2. The van der Waals surface area contributed by atoms with Crippen molar-refractivity contribution >= 4 is 11.7 Å². The molecule has 0 aliphatic heterocycles. The maximum Gasteiger partial charge on any atom is 0.218 e. The first kappa shape index (κ1) is 13.6. The van der Waals surface area contributed by atoms with Crippen molar-refractivity contribution in [3.05, 3.63) is 11.8 Å². The third-order valence-electron chi connectivity index (χ3n) is 0.727. The van der Waals surface area contributed by atoms with E-state index in [1.54, 1.807) is 6.92 Å². The number of ketones is 1. The van der Waals surface area contributed by atoms with Gasteiger partial charge in [0.15, 0.2) is 0 Å². The van der Waals surface area contributed by atoms with Crippen molar-refractivity contribution in [1.82, 2.24) is 5.32 Å². The van der Waals surface area contributed by atoms with Gasteiger partial charge < -0.3 is 16.2 Å². The Morgan fingerprint density at radius 2 is 1.64 bits per heavy atom. The van der Waals surface area contributed by atoms with E-state index in [0.717, 1.165) is 0 Å². The molecule has 0 aromatic carbocycles. The zero-order chi connectivity index (χ0) is 8.15. The largest absolute Gasteiger partial charge is 0.407 e. The Balaban J connectivity index is 0. The number of carbonyl (C=O) groups is 2. The van der Waals surface area contributed by atoms with Crippen LogP contribution in [0.3, 0.4) is 0 Å². The molecule has 0 aromatic rings. The number of hydrogen-bond donors (Lipinski definition) is 1. The molecule has 0 aromatic heterocycles. The number of carbonyl (C=O) groups excluding carboxylic acids is 2. The van der Waals surface area contributed by atoms with Gasteiger partial charge >= 0.3 is 0 Å². The van der Waals surface area contributed by atoms with Crippen LogP contribution >= 0.6 is 0 Å². The Labute approximate surface area is 91.5 Å². The average Bonchev–Trinajstić information content (AvgIpc) is 1.58. The SMILES string of the molecule is CC(=O)[C-]=C(C)NC(C)=O.[Y]. The fourth-order valence-corrected chi connectivity index (χ4v) is 0.559. The van der Waals surface area contributed by atoms with Gasteiger partial charge in [-0.05, 0) is 12.7 Å². The molecule has 1 amide bonds. The van der Waals surface area contributed by atoms with E-state index in [-0.39, 0.29) is 44.4 Å². The van der Waals surface area contributed by atoms with Crippen LogP contribution in [0, 0.1) is 6.08 Å². The Kier molecular flexibility index (Phi) is 8.24. The van der Waals surface area contributed by atoms with E-state index in [0.29, 0.717) is 5.70 Å². The molecule has 0 saturated carbocycles. The molecular weight excluding hydrogens is 219 g/mol. The summed E-state index contributed by atoms with van der Waals surface area (Å²) < 4.78 is 0. The van der Waals surface area contributed by atoms with Gasteiger partial charge in [-0.2, -0.15) is 5.70 Å². The first-order chi connectivity index (χ1) is 4.52. The Hall–Kier alpha value is -0.0161. The second kappa shape index (κ2) is 6.68.